The van der Waals surface area contributed by atoms with Gasteiger partial charge in [-0.2, -0.15) is 5.10 Å². The van der Waals surface area contributed by atoms with E-state index >= 15 is 0 Å². The zero-order valence-corrected chi connectivity index (χ0v) is 12.7. The summed E-state index contributed by atoms with van der Waals surface area (Å²) in [4.78, 5) is 16.3. The van der Waals surface area contributed by atoms with Crippen molar-refractivity contribution < 1.29 is 14.6 Å². The van der Waals surface area contributed by atoms with Gasteiger partial charge in [-0.15, -0.1) is 0 Å². The molecule has 0 saturated heterocycles. The van der Waals surface area contributed by atoms with Crippen LogP contribution in [0, 0.1) is 6.92 Å². The number of fused-ring (bicyclic) bond motifs is 1. The molecular weight excluding hydrogens is 270 g/mol. The molecule has 2 aromatic heterocycles. The Labute approximate surface area is 123 Å². The fourth-order valence-electron chi connectivity index (χ4n) is 2.31. The van der Waals surface area contributed by atoms with E-state index in [2.05, 4.69) is 17.0 Å². The first-order chi connectivity index (χ1) is 10.1. The number of aryl methyl sites for hydroxylation is 2. The summed E-state index contributed by atoms with van der Waals surface area (Å²) in [5.74, 6) is -0.654. The number of esters is 1. The van der Waals surface area contributed by atoms with Gasteiger partial charge in [0, 0.05) is 6.54 Å². The molecule has 2 heterocycles. The molecule has 6 heteroatoms. The summed E-state index contributed by atoms with van der Waals surface area (Å²) >= 11 is 0. The predicted octanol–water partition coefficient (Wildman–Crippen LogP) is 2.81. The van der Waals surface area contributed by atoms with Gasteiger partial charge in [-0.25, -0.2) is 14.5 Å². The minimum atomic E-state index is -0.555. The number of pyridine rings is 1. The van der Waals surface area contributed by atoms with Crippen LogP contribution in [0.4, 0.5) is 0 Å². The summed E-state index contributed by atoms with van der Waals surface area (Å²) in [6.45, 7) is 6.56. The molecule has 0 radical (unpaired) electrons. The number of carbonyl (C=O) groups is 1. The van der Waals surface area contributed by atoms with Gasteiger partial charge in [-0.05, 0) is 20.3 Å². The average molecular weight is 291 g/mol. The first-order valence-corrected chi connectivity index (χ1v) is 7.32. The molecule has 0 unspecified atom stereocenters. The maximum atomic E-state index is 11.9. The predicted molar refractivity (Wildman–Crippen MR) is 79.4 cm³/mol. The van der Waals surface area contributed by atoms with Crippen LogP contribution < -0.4 is 0 Å². The van der Waals surface area contributed by atoms with Crippen molar-refractivity contribution in [2.24, 2.45) is 0 Å². The lowest BCUT2D eigenvalue weighted by Crippen LogP contribution is -2.09. The maximum Gasteiger partial charge on any atom is 0.343 e. The fraction of sp³-hybridized carbons (Fsp3) is 0.533. The Kier molecular flexibility index (Phi) is 4.77. The molecule has 1 N–H and O–H groups in total. The number of unbranched alkanes of at least 4 members (excludes halogenated alkanes) is 2. The third-order valence-corrected chi connectivity index (χ3v) is 3.39. The van der Waals surface area contributed by atoms with Crippen molar-refractivity contribution in [3.63, 3.8) is 0 Å². The molecule has 0 aromatic carbocycles. The minimum Gasteiger partial charge on any atom is -0.506 e. The summed E-state index contributed by atoms with van der Waals surface area (Å²) in [7, 11) is 0. The lowest BCUT2D eigenvalue weighted by Gasteiger charge is -2.09. The van der Waals surface area contributed by atoms with E-state index in [9.17, 15) is 9.90 Å². The van der Waals surface area contributed by atoms with Crippen LogP contribution in [-0.4, -0.2) is 32.4 Å². The number of carbonyl (C=O) groups excluding carboxylic acids is 1. The van der Waals surface area contributed by atoms with Crippen molar-refractivity contribution in [1.82, 2.24) is 14.8 Å². The summed E-state index contributed by atoms with van der Waals surface area (Å²) in [5, 5.41) is 15.1. The zero-order chi connectivity index (χ0) is 15.4. The van der Waals surface area contributed by atoms with Crippen molar-refractivity contribution in [3.8, 4) is 5.75 Å². The Morgan fingerprint density at radius 1 is 1.38 bits per heavy atom. The quantitative estimate of drug-likeness (QED) is 0.654. The summed E-state index contributed by atoms with van der Waals surface area (Å²) in [5.41, 5.74) is 1.18. The molecule has 0 aliphatic rings. The molecule has 0 fully saturated rings. The molecule has 0 atom stereocenters. The second-order valence-electron chi connectivity index (χ2n) is 4.95. The van der Waals surface area contributed by atoms with Crippen LogP contribution in [0.2, 0.25) is 0 Å². The van der Waals surface area contributed by atoms with Crippen molar-refractivity contribution in [3.05, 3.63) is 17.5 Å². The van der Waals surface area contributed by atoms with Crippen LogP contribution in [0.15, 0.2) is 6.20 Å². The lowest BCUT2D eigenvalue weighted by atomic mass is 10.1. The second kappa shape index (κ2) is 6.56. The monoisotopic (exact) mass is 291 g/mol. The first-order valence-electron chi connectivity index (χ1n) is 7.32. The van der Waals surface area contributed by atoms with Crippen LogP contribution in [0.25, 0.3) is 11.0 Å². The van der Waals surface area contributed by atoms with E-state index in [0.717, 1.165) is 25.8 Å². The van der Waals surface area contributed by atoms with Gasteiger partial charge in [0.1, 0.15) is 11.3 Å². The Morgan fingerprint density at radius 2 is 2.14 bits per heavy atom. The first kappa shape index (κ1) is 15.3. The molecule has 21 heavy (non-hydrogen) atoms. The smallest absolute Gasteiger partial charge is 0.343 e. The Morgan fingerprint density at radius 3 is 2.81 bits per heavy atom. The highest BCUT2D eigenvalue weighted by molar-refractivity contribution is 5.99. The summed E-state index contributed by atoms with van der Waals surface area (Å²) < 4.78 is 6.73. The summed E-state index contributed by atoms with van der Waals surface area (Å²) in [6, 6.07) is 0. The highest BCUT2D eigenvalue weighted by atomic mass is 16.5. The molecule has 0 aliphatic carbocycles. The van der Waals surface area contributed by atoms with Gasteiger partial charge in [0.15, 0.2) is 5.65 Å². The van der Waals surface area contributed by atoms with E-state index in [1.807, 2.05) is 0 Å². The molecule has 6 nitrogen and oxygen atoms in total. The lowest BCUT2D eigenvalue weighted by molar-refractivity contribution is 0.0522. The molecule has 0 bridgehead atoms. The molecule has 0 spiro atoms. The van der Waals surface area contributed by atoms with Gasteiger partial charge in [0.25, 0.3) is 0 Å². The number of rotatable bonds is 6. The van der Waals surface area contributed by atoms with E-state index in [1.165, 1.54) is 0 Å². The van der Waals surface area contributed by atoms with Gasteiger partial charge < -0.3 is 9.84 Å². The number of hydrogen-bond donors (Lipinski definition) is 1. The average Bonchev–Trinajstić information content (AvgIpc) is 2.83. The van der Waals surface area contributed by atoms with Crippen molar-refractivity contribution >= 4 is 17.0 Å². The zero-order valence-electron chi connectivity index (χ0n) is 12.7. The van der Waals surface area contributed by atoms with Crippen molar-refractivity contribution in [1.29, 1.82) is 0 Å². The van der Waals surface area contributed by atoms with Crippen LogP contribution in [0.3, 0.4) is 0 Å². The number of hydrogen-bond acceptors (Lipinski definition) is 5. The molecule has 2 aromatic rings. The maximum absolute atomic E-state index is 11.9. The van der Waals surface area contributed by atoms with Gasteiger partial charge in [0.2, 0.25) is 0 Å². The van der Waals surface area contributed by atoms with Gasteiger partial charge in [-0.1, -0.05) is 19.8 Å². The van der Waals surface area contributed by atoms with Crippen LogP contribution in [0.1, 0.15) is 49.2 Å². The van der Waals surface area contributed by atoms with Crippen LogP contribution in [-0.2, 0) is 11.3 Å². The molecule has 2 rings (SSSR count). The summed E-state index contributed by atoms with van der Waals surface area (Å²) in [6.07, 6.45) is 4.80. The third kappa shape index (κ3) is 2.99. The topological polar surface area (TPSA) is 77.2 Å². The third-order valence-electron chi connectivity index (χ3n) is 3.39. The second-order valence-corrected chi connectivity index (χ2v) is 4.95. The van der Waals surface area contributed by atoms with Crippen molar-refractivity contribution in [2.45, 2.75) is 46.6 Å². The van der Waals surface area contributed by atoms with Gasteiger partial charge >= 0.3 is 5.97 Å². The van der Waals surface area contributed by atoms with E-state index in [1.54, 1.807) is 24.7 Å². The van der Waals surface area contributed by atoms with Crippen LogP contribution >= 0.6 is 0 Å². The molecule has 0 saturated carbocycles. The highest BCUT2D eigenvalue weighted by Gasteiger charge is 2.21. The SMILES string of the molecule is CCCCCn1ncc2c(O)c(C(=O)OCC)c(C)nc21. The Balaban J connectivity index is 2.42. The standard InChI is InChI=1S/C15H21N3O3/c1-4-6-7-8-18-14-11(9-16-18)13(19)12(10(3)17-14)15(20)21-5-2/h9H,4-8H2,1-3H3,(H,17,19). The number of aromatic hydroxyl groups is 1. The normalized spacial score (nSPS) is 11.0. The largest absolute Gasteiger partial charge is 0.506 e. The minimum absolute atomic E-state index is 0.0994. The Hall–Kier alpha value is -2.11. The van der Waals surface area contributed by atoms with Crippen molar-refractivity contribution in [2.75, 3.05) is 6.61 Å². The molecule has 0 amide bonds. The molecule has 114 valence electrons. The highest BCUT2D eigenvalue weighted by Crippen LogP contribution is 2.30. The Bertz CT molecular complexity index is 649. The van der Waals surface area contributed by atoms with E-state index in [-0.39, 0.29) is 17.9 Å². The van der Waals surface area contributed by atoms with E-state index < -0.39 is 5.97 Å². The number of aromatic nitrogens is 3. The van der Waals surface area contributed by atoms with E-state index in [0.29, 0.717) is 16.7 Å². The molecule has 0 aliphatic heterocycles. The van der Waals surface area contributed by atoms with Gasteiger partial charge in [0.05, 0.1) is 23.9 Å². The van der Waals surface area contributed by atoms with E-state index in [4.69, 9.17) is 4.74 Å². The molecular formula is C15H21N3O3. The fourth-order valence-corrected chi connectivity index (χ4v) is 2.31. The van der Waals surface area contributed by atoms with Gasteiger partial charge in [-0.3, -0.25) is 0 Å². The number of nitrogens with zero attached hydrogens (tertiary/aromatic N) is 3. The number of ether oxygens (including phenoxy) is 1. The van der Waals surface area contributed by atoms with Crippen LogP contribution in [0.5, 0.6) is 5.75 Å².